The van der Waals surface area contributed by atoms with Gasteiger partial charge in [0, 0.05) is 17.9 Å². The van der Waals surface area contributed by atoms with Gasteiger partial charge in [-0.1, -0.05) is 19.4 Å². The molecule has 2 rings (SSSR count). The molecule has 0 atom stereocenters. The molecule has 5 heteroatoms. The molecule has 23 heavy (non-hydrogen) atoms. The molecule has 0 bridgehead atoms. The van der Waals surface area contributed by atoms with E-state index in [2.05, 4.69) is 27.5 Å². The predicted molar refractivity (Wildman–Crippen MR) is 94.0 cm³/mol. The Balaban J connectivity index is 2.13. The Morgan fingerprint density at radius 2 is 1.87 bits per heavy atom. The number of nitrogens with zero attached hydrogens (tertiary/aromatic N) is 2. The van der Waals surface area contributed by atoms with Crippen LogP contribution in [0.25, 0.3) is 0 Å². The fourth-order valence-corrected chi connectivity index (χ4v) is 2.16. The van der Waals surface area contributed by atoms with Gasteiger partial charge >= 0.3 is 0 Å². The molecule has 122 valence electrons. The van der Waals surface area contributed by atoms with E-state index in [0.717, 1.165) is 36.3 Å². The van der Waals surface area contributed by atoms with Gasteiger partial charge in [0.05, 0.1) is 0 Å². The largest absolute Gasteiger partial charge is 0.354 e. The highest BCUT2D eigenvalue weighted by molar-refractivity contribution is 6.03. The maximum Gasteiger partial charge on any atom is 0.274 e. The Morgan fingerprint density at radius 1 is 1.09 bits per heavy atom. The van der Waals surface area contributed by atoms with Crippen LogP contribution in [0.5, 0.6) is 0 Å². The van der Waals surface area contributed by atoms with E-state index in [-0.39, 0.29) is 5.91 Å². The molecule has 0 saturated carbocycles. The van der Waals surface area contributed by atoms with Gasteiger partial charge in [-0.15, -0.1) is 0 Å². The summed E-state index contributed by atoms with van der Waals surface area (Å²) < 4.78 is 0. The first-order valence-electron chi connectivity index (χ1n) is 7.97. The van der Waals surface area contributed by atoms with Gasteiger partial charge < -0.3 is 10.6 Å². The number of rotatable bonds is 6. The lowest BCUT2D eigenvalue weighted by atomic mass is 10.1. The van der Waals surface area contributed by atoms with Gasteiger partial charge in [0.2, 0.25) is 5.95 Å². The Kier molecular flexibility index (Phi) is 5.68. The van der Waals surface area contributed by atoms with Crippen LogP contribution in [0.15, 0.2) is 24.3 Å². The quantitative estimate of drug-likeness (QED) is 0.795. The number of anilines is 2. The van der Waals surface area contributed by atoms with E-state index in [0.29, 0.717) is 11.6 Å². The lowest BCUT2D eigenvalue weighted by Crippen LogP contribution is -2.16. The molecule has 0 unspecified atom stereocenters. The van der Waals surface area contributed by atoms with Crippen LogP contribution in [0.4, 0.5) is 11.6 Å². The van der Waals surface area contributed by atoms with Crippen LogP contribution >= 0.6 is 0 Å². The molecule has 0 aliphatic heterocycles. The van der Waals surface area contributed by atoms with Crippen LogP contribution in [-0.4, -0.2) is 22.4 Å². The van der Waals surface area contributed by atoms with E-state index < -0.39 is 0 Å². The van der Waals surface area contributed by atoms with Crippen molar-refractivity contribution in [2.24, 2.45) is 0 Å². The molecule has 2 N–H and O–H groups in total. The average molecular weight is 312 g/mol. The second-order valence-corrected chi connectivity index (χ2v) is 5.75. The van der Waals surface area contributed by atoms with Crippen molar-refractivity contribution >= 4 is 17.5 Å². The van der Waals surface area contributed by atoms with E-state index in [1.807, 2.05) is 39.0 Å². The number of unbranched alkanes of at least 4 members (excludes halogenated alkanes) is 1. The summed E-state index contributed by atoms with van der Waals surface area (Å²) in [5, 5.41) is 6.05. The second-order valence-electron chi connectivity index (χ2n) is 5.75. The minimum absolute atomic E-state index is 0.225. The van der Waals surface area contributed by atoms with Crippen molar-refractivity contribution in [1.29, 1.82) is 0 Å². The third kappa shape index (κ3) is 4.77. The number of benzene rings is 1. The molecule has 0 fully saturated rings. The SMILES string of the molecule is CCCCNc1nc(C)cc(C(=O)Nc2ccc(C)c(C)c2)n1. The highest BCUT2D eigenvalue weighted by Gasteiger charge is 2.11. The van der Waals surface area contributed by atoms with Crippen LogP contribution in [0.2, 0.25) is 0 Å². The number of hydrogen-bond acceptors (Lipinski definition) is 4. The number of hydrogen-bond donors (Lipinski definition) is 2. The fourth-order valence-electron chi connectivity index (χ4n) is 2.16. The number of carbonyl (C=O) groups excluding carboxylic acids is 1. The Bertz CT molecular complexity index is 697. The van der Waals surface area contributed by atoms with E-state index in [4.69, 9.17) is 0 Å². The van der Waals surface area contributed by atoms with Crippen molar-refractivity contribution < 1.29 is 4.79 Å². The van der Waals surface area contributed by atoms with Gasteiger partial charge in [-0.3, -0.25) is 4.79 Å². The molecule has 5 nitrogen and oxygen atoms in total. The number of nitrogens with one attached hydrogen (secondary N) is 2. The van der Waals surface area contributed by atoms with Crippen molar-refractivity contribution in [3.63, 3.8) is 0 Å². The second kappa shape index (κ2) is 7.72. The molecule has 2 aromatic rings. The van der Waals surface area contributed by atoms with Gasteiger partial charge in [-0.2, -0.15) is 0 Å². The molecule has 0 spiro atoms. The Morgan fingerprint density at radius 3 is 2.57 bits per heavy atom. The summed E-state index contributed by atoms with van der Waals surface area (Å²) in [6.07, 6.45) is 2.14. The topological polar surface area (TPSA) is 66.9 Å². The van der Waals surface area contributed by atoms with Gasteiger partial charge in [0.25, 0.3) is 5.91 Å². The van der Waals surface area contributed by atoms with Crippen LogP contribution in [0.1, 0.15) is 47.1 Å². The minimum atomic E-state index is -0.225. The molecule has 1 aromatic heterocycles. The summed E-state index contributed by atoms with van der Waals surface area (Å²) in [6.45, 7) is 8.86. The summed E-state index contributed by atoms with van der Waals surface area (Å²) in [5.41, 5.74) is 4.25. The molecule has 0 aliphatic rings. The lowest BCUT2D eigenvalue weighted by molar-refractivity contribution is 0.102. The fraction of sp³-hybridized carbons (Fsp3) is 0.389. The Labute approximate surface area is 137 Å². The number of aryl methyl sites for hydroxylation is 3. The zero-order valence-corrected chi connectivity index (χ0v) is 14.2. The summed E-state index contributed by atoms with van der Waals surface area (Å²) in [7, 11) is 0. The van der Waals surface area contributed by atoms with Crippen LogP contribution < -0.4 is 10.6 Å². The zero-order valence-electron chi connectivity index (χ0n) is 14.2. The zero-order chi connectivity index (χ0) is 16.8. The van der Waals surface area contributed by atoms with E-state index in [1.165, 1.54) is 5.56 Å². The highest BCUT2D eigenvalue weighted by Crippen LogP contribution is 2.15. The molecule has 0 radical (unpaired) electrons. The Hall–Kier alpha value is -2.43. The van der Waals surface area contributed by atoms with E-state index in [1.54, 1.807) is 6.07 Å². The third-order valence-electron chi connectivity index (χ3n) is 3.67. The molecule has 1 heterocycles. The van der Waals surface area contributed by atoms with E-state index in [9.17, 15) is 4.79 Å². The summed E-state index contributed by atoms with van der Waals surface area (Å²) in [5.74, 6) is 0.279. The predicted octanol–water partition coefficient (Wildman–Crippen LogP) is 3.87. The van der Waals surface area contributed by atoms with Crippen molar-refractivity contribution in [2.75, 3.05) is 17.2 Å². The average Bonchev–Trinajstić information content (AvgIpc) is 2.51. The maximum atomic E-state index is 12.4. The third-order valence-corrected chi connectivity index (χ3v) is 3.67. The van der Waals surface area contributed by atoms with Gasteiger partial charge in [0.15, 0.2) is 0 Å². The van der Waals surface area contributed by atoms with Crippen LogP contribution in [0, 0.1) is 20.8 Å². The number of aromatic nitrogens is 2. The monoisotopic (exact) mass is 312 g/mol. The number of amides is 1. The maximum absolute atomic E-state index is 12.4. The van der Waals surface area contributed by atoms with Gasteiger partial charge in [-0.05, 0) is 56.5 Å². The first-order valence-corrected chi connectivity index (χ1v) is 7.97. The normalized spacial score (nSPS) is 10.4. The molecule has 1 amide bonds. The van der Waals surface area contributed by atoms with Gasteiger partial charge in [0.1, 0.15) is 5.69 Å². The smallest absolute Gasteiger partial charge is 0.274 e. The molecular formula is C18H24N4O. The standard InChI is InChI=1S/C18H24N4O/c1-5-6-9-19-18-20-14(4)11-16(22-18)17(23)21-15-8-7-12(2)13(3)10-15/h7-8,10-11H,5-6,9H2,1-4H3,(H,21,23)(H,19,20,22). The minimum Gasteiger partial charge on any atom is -0.354 e. The lowest BCUT2D eigenvalue weighted by Gasteiger charge is -2.09. The molecule has 0 aliphatic carbocycles. The van der Waals surface area contributed by atoms with E-state index >= 15 is 0 Å². The van der Waals surface area contributed by atoms with Crippen LogP contribution in [0.3, 0.4) is 0 Å². The number of carbonyl (C=O) groups is 1. The van der Waals surface area contributed by atoms with Crippen molar-refractivity contribution in [2.45, 2.75) is 40.5 Å². The van der Waals surface area contributed by atoms with Crippen molar-refractivity contribution in [3.8, 4) is 0 Å². The highest BCUT2D eigenvalue weighted by atomic mass is 16.1. The van der Waals surface area contributed by atoms with Crippen molar-refractivity contribution in [3.05, 3.63) is 46.8 Å². The van der Waals surface area contributed by atoms with Crippen molar-refractivity contribution in [1.82, 2.24) is 9.97 Å². The summed E-state index contributed by atoms with van der Waals surface area (Å²) in [4.78, 5) is 21.0. The van der Waals surface area contributed by atoms with Crippen LogP contribution in [-0.2, 0) is 0 Å². The summed E-state index contributed by atoms with van der Waals surface area (Å²) in [6, 6.07) is 7.55. The first-order chi connectivity index (χ1) is 11.0. The summed E-state index contributed by atoms with van der Waals surface area (Å²) >= 11 is 0. The van der Waals surface area contributed by atoms with Gasteiger partial charge in [-0.25, -0.2) is 9.97 Å². The molecule has 0 saturated heterocycles. The molecular weight excluding hydrogens is 288 g/mol. The molecule has 1 aromatic carbocycles. The first kappa shape index (κ1) is 16.9.